The molecule has 2 rings (SSSR count). The smallest absolute Gasteiger partial charge is 0.0960 e. The third-order valence-corrected chi connectivity index (χ3v) is 5.72. The summed E-state index contributed by atoms with van der Waals surface area (Å²) in [5.74, 6) is 0. The van der Waals surface area contributed by atoms with Crippen LogP contribution in [0.4, 0.5) is 0 Å². The maximum atomic E-state index is 5.73. The summed E-state index contributed by atoms with van der Waals surface area (Å²) < 4.78 is 5.73. The Kier molecular flexibility index (Phi) is 1.73. The Bertz CT molecular complexity index is 177. The molecule has 0 aromatic carbocycles. The van der Waals surface area contributed by atoms with Crippen LogP contribution in [0.1, 0.15) is 26.7 Å². The van der Waals surface area contributed by atoms with Gasteiger partial charge in [-0.3, -0.25) is 0 Å². The van der Waals surface area contributed by atoms with Crippen LogP contribution in [0.2, 0.25) is 0 Å². The van der Waals surface area contributed by atoms with Crippen molar-refractivity contribution in [3.8, 4) is 0 Å². The van der Waals surface area contributed by atoms with Crippen LogP contribution < -0.4 is 0 Å². The Morgan fingerprint density at radius 1 is 1.09 bits per heavy atom. The average Bonchev–Trinajstić information content (AvgIpc) is 2.33. The van der Waals surface area contributed by atoms with Gasteiger partial charge >= 0.3 is 0 Å². The molecule has 1 saturated carbocycles. The number of rotatable bonds is 0. The van der Waals surface area contributed by atoms with Gasteiger partial charge in [-0.05, 0) is 26.7 Å². The van der Waals surface area contributed by atoms with Crippen molar-refractivity contribution < 1.29 is 4.74 Å². The second kappa shape index (κ2) is 2.24. The second-order valence-corrected chi connectivity index (χ2v) is 6.36. The highest BCUT2D eigenvalue weighted by atomic mass is 79.9. The lowest BCUT2D eigenvalue weighted by Gasteiger charge is -2.27. The number of alkyl halides is 2. The highest BCUT2D eigenvalue weighted by Crippen LogP contribution is 2.59. The van der Waals surface area contributed by atoms with E-state index >= 15 is 0 Å². The number of epoxide rings is 1. The summed E-state index contributed by atoms with van der Waals surface area (Å²) in [5, 5.41) is 0. The van der Waals surface area contributed by atoms with Crippen LogP contribution in [0, 0.1) is 0 Å². The van der Waals surface area contributed by atoms with Gasteiger partial charge in [-0.2, -0.15) is 0 Å². The molecular weight excluding hydrogens is 272 g/mol. The summed E-state index contributed by atoms with van der Waals surface area (Å²) in [6, 6.07) is 0. The monoisotopic (exact) mass is 282 g/mol. The van der Waals surface area contributed by atoms with Crippen LogP contribution >= 0.6 is 31.9 Å². The van der Waals surface area contributed by atoms with Gasteiger partial charge in [0.2, 0.25) is 0 Å². The minimum atomic E-state index is 0.158. The van der Waals surface area contributed by atoms with E-state index in [0.717, 1.165) is 12.8 Å². The first-order valence-electron chi connectivity index (χ1n) is 3.95. The highest BCUT2D eigenvalue weighted by molar-refractivity contribution is 9.12. The quantitative estimate of drug-likeness (QED) is 0.492. The van der Waals surface area contributed by atoms with Gasteiger partial charge in [-0.25, -0.2) is 0 Å². The summed E-state index contributed by atoms with van der Waals surface area (Å²) in [4.78, 5) is 1.14. The first-order chi connectivity index (χ1) is 4.97. The lowest BCUT2D eigenvalue weighted by Crippen LogP contribution is -2.36. The molecular formula is C8H12Br2O. The van der Waals surface area contributed by atoms with Gasteiger partial charge in [-0.15, -0.1) is 0 Å². The third kappa shape index (κ3) is 1.11. The fourth-order valence-corrected chi connectivity index (χ4v) is 3.60. The van der Waals surface area contributed by atoms with E-state index in [1.165, 1.54) is 0 Å². The minimum absolute atomic E-state index is 0.158. The normalized spacial score (nSPS) is 62.2. The van der Waals surface area contributed by atoms with E-state index in [2.05, 4.69) is 45.7 Å². The largest absolute Gasteiger partial charge is 0.363 e. The lowest BCUT2D eigenvalue weighted by molar-refractivity contribution is 0.280. The Morgan fingerprint density at radius 2 is 1.45 bits per heavy atom. The van der Waals surface area contributed by atoms with Gasteiger partial charge in [0.1, 0.15) is 0 Å². The summed E-state index contributed by atoms with van der Waals surface area (Å²) >= 11 is 7.31. The topological polar surface area (TPSA) is 12.5 Å². The van der Waals surface area contributed by atoms with Crippen LogP contribution in [-0.2, 0) is 4.74 Å². The van der Waals surface area contributed by atoms with Crippen molar-refractivity contribution >= 4 is 31.9 Å². The molecule has 1 heterocycles. The molecule has 0 aromatic heterocycles. The average molecular weight is 284 g/mol. The molecule has 0 N–H and O–H groups in total. The minimum Gasteiger partial charge on any atom is -0.363 e. The molecule has 2 aliphatic rings. The maximum Gasteiger partial charge on any atom is 0.0960 e. The lowest BCUT2D eigenvalue weighted by atomic mass is 9.82. The Morgan fingerprint density at radius 3 is 1.82 bits per heavy atom. The molecule has 11 heavy (non-hydrogen) atoms. The molecule has 1 aliphatic heterocycles. The van der Waals surface area contributed by atoms with Gasteiger partial charge < -0.3 is 4.74 Å². The van der Waals surface area contributed by atoms with Gasteiger partial charge in [0.25, 0.3) is 0 Å². The van der Waals surface area contributed by atoms with Crippen LogP contribution in [0.15, 0.2) is 0 Å². The van der Waals surface area contributed by atoms with Crippen molar-refractivity contribution in [1.29, 1.82) is 0 Å². The number of fused-ring (bicyclic) bond motifs is 1. The zero-order chi connectivity index (χ0) is 8.28. The van der Waals surface area contributed by atoms with E-state index in [0.29, 0.717) is 9.65 Å². The van der Waals surface area contributed by atoms with Crippen molar-refractivity contribution in [2.24, 2.45) is 0 Å². The molecule has 0 bridgehead atoms. The molecule has 0 aromatic rings. The van der Waals surface area contributed by atoms with Crippen molar-refractivity contribution in [1.82, 2.24) is 0 Å². The zero-order valence-corrected chi connectivity index (χ0v) is 9.91. The first kappa shape index (κ1) is 8.52. The molecule has 0 unspecified atom stereocenters. The third-order valence-electron chi connectivity index (χ3n) is 3.09. The fraction of sp³-hybridized carbons (Fsp3) is 1.00. The molecule has 0 amide bonds. The van der Waals surface area contributed by atoms with Crippen LogP contribution in [-0.4, -0.2) is 20.9 Å². The second-order valence-electron chi connectivity index (χ2n) is 4.00. The predicted octanol–water partition coefficient (Wildman–Crippen LogP) is 2.85. The summed E-state index contributed by atoms with van der Waals surface area (Å²) in [6.45, 7) is 4.42. The Labute approximate surface area is 84.1 Å². The number of hydrogen-bond donors (Lipinski definition) is 0. The van der Waals surface area contributed by atoms with Crippen LogP contribution in [0.25, 0.3) is 0 Å². The molecule has 1 nitrogen and oxygen atoms in total. The number of hydrogen-bond acceptors (Lipinski definition) is 1. The summed E-state index contributed by atoms with van der Waals surface area (Å²) in [7, 11) is 0. The highest BCUT2D eigenvalue weighted by Gasteiger charge is 2.67. The van der Waals surface area contributed by atoms with Crippen molar-refractivity contribution in [3.05, 3.63) is 0 Å². The summed E-state index contributed by atoms with van der Waals surface area (Å²) in [6.07, 6.45) is 2.25. The first-order valence-corrected chi connectivity index (χ1v) is 5.78. The van der Waals surface area contributed by atoms with E-state index in [1.807, 2.05) is 0 Å². The van der Waals surface area contributed by atoms with E-state index in [4.69, 9.17) is 4.74 Å². The maximum absolute atomic E-state index is 5.73. The molecule has 3 heteroatoms. The Balaban J connectivity index is 2.15. The van der Waals surface area contributed by atoms with E-state index in [9.17, 15) is 0 Å². The molecule has 4 atom stereocenters. The zero-order valence-electron chi connectivity index (χ0n) is 6.73. The predicted molar refractivity (Wildman–Crippen MR) is 52.6 cm³/mol. The Hall–Kier alpha value is 0.920. The van der Waals surface area contributed by atoms with Gasteiger partial charge in [0.15, 0.2) is 0 Å². The molecule has 1 aliphatic carbocycles. The SMILES string of the molecule is C[C@@]12C[C@@H](Br)[C@H](Br)C[C@]1(C)O2. The van der Waals surface area contributed by atoms with Crippen molar-refractivity contribution in [2.45, 2.75) is 47.5 Å². The van der Waals surface area contributed by atoms with Crippen LogP contribution in [0.5, 0.6) is 0 Å². The molecule has 1 saturated heterocycles. The molecule has 0 radical (unpaired) electrons. The standard InChI is InChI=1S/C8H12Br2O/c1-7-3-5(9)6(10)4-8(7,2)11-7/h5-6H,3-4H2,1-2H3/t5-,6-,7-,8+/m1/s1. The van der Waals surface area contributed by atoms with Crippen LogP contribution in [0.3, 0.4) is 0 Å². The summed E-state index contributed by atoms with van der Waals surface area (Å²) in [5.41, 5.74) is 0.316. The van der Waals surface area contributed by atoms with Gasteiger partial charge in [-0.1, -0.05) is 31.9 Å². The molecule has 2 fully saturated rings. The van der Waals surface area contributed by atoms with E-state index in [1.54, 1.807) is 0 Å². The van der Waals surface area contributed by atoms with Gasteiger partial charge in [0.05, 0.1) is 11.2 Å². The molecule has 0 spiro atoms. The van der Waals surface area contributed by atoms with Gasteiger partial charge in [0, 0.05) is 9.65 Å². The number of ether oxygens (including phenoxy) is 1. The van der Waals surface area contributed by atoms with Crippen molar-refractivity contribution in [2.75, 3.05) is 0 Å². The van der Waals surface area contributed by atoms with E-state index < -0.39 is 0 Å². The van der Waals surface area contributed by atoms with E-state index in [-0.39, 0.29) is 11.2 Å². The van der Waals surface area contributed by atoms with Crippen molar-refractivity contribution in [3.63, 3.8) is 0 Å². The number of halogens is 2. The fourth-order valence-electron chi connectivity index (χ4n) is 1.99. The molecule has 64 valence electrons.